The minimum Gasteiger partial charge on any atom is -0.496 e. The number of hydrogen-bond acceptors (Lipinski definition) is 5. The summed E-state index contributed by atoms with van der Waals surface area (Å²) in [5.41, 5.74) is 3.84. The van der Waals surface area contributed by atoms with Gasteiger partial charge in [-0.15, -0.1) is 0 Å². The van der Waals surface area contributed by atoms with Gasteiger partial charge in [0, 0.05) is 19.0 Å². The fraction of sp³-hybridized carbons (Fsp3) is 0.406. The van der Waals surface area contributed by atoms with Crippen molar-refractivity contribution in [3.05, 3.63) is 83.7 Å². The molecule has 3 aromatic rings. The summed E-state index contributed by atoms with van der Waals surface area (Å²) in [4.78, 5) is 15.1. The Balaban J connectivity index is 1.25. The monoisotopic (exact) mass is 517 g/mol. The standard InChI is InChI=1S/C32H36FNO4/c1-3-37-30-18-23(17-29(36-2)32(30)24-9-12-26(33)13-10-24)20-34-16-15-27-25(11-14-28(27)34)19-31(35)38-21-22-7-5-4-6-8-22/h4-10,12-13,17-18,25,27-28H,3,11,14-16,19-21H2,1-2H3/t25?,27-,28+/m0/s1. The van der Waals surface area contributed by atoms with Gasteiger partial charge in [-0.25, -0.2) is 4.39 Å². The summed E-state index contributed by atoms with van der Waals surface area (Å²) in [5.74, 6) is 1.99. The zero-order valence-electron chi connectivity index (χ0n) is 22.2. The molecular weight excluding hydrogens is 481 g/mol. The number of carbonyl (C=O) groups excluding carboxylic acids is 1. The first-order valence-corrected chi connectivity index (χ1v) is 13.6. The highest BCUT2D eigenvalue weighted by molar-refractivity contribution is 5.77. The number of carbonyl (C=O) groups is 1. The van der Waals surface area contributed by atoms with E-state index in [0.29, 0.717) is 37.5 Å². The van der Waals surface area contributed by atoms with Gasteiger partial charge in [-0.1, -0.05) is 42.5 Å². The van der Waals surface area contributed by atoms with E-state index in [1.807, 2.05) is 37.3 Å². The average Bonchev–Trinajstić information content (AvgIpc) is 3.52. The van der Waals surface area contributed by atoms with Gasteiger partial charge in [0.1, 0.15) is 23.9 Å². The number of nitrogens with zero attached hydrogens (tertiary/aromatic N) is 1. The molecule has 5 nitrogen and oxygen atoms in total. The second-order valence-corrected chi connectivity index (χ2v) is 10.3. The number of rotatable bonds is 10. The van der Waals surface area contributed by atoms with E-state index in [1.165, 1.54) is 12.1 Å². The van der Waals surface area contributed by atoms with Crippen LogP contribution < -0.4 is 9.47 Å². The van der Waals surface area contributed by atoms with Crippen molar-refractivity contribution in [3.8, 4) is 22.6 Å². The van der Waals surface area contributed by atoms with E-state index in [9.17, 15) is 9.18 Å². The average molecular weight is 518 g/mol. The van der Waals surface area contributed by atoms with Crippen molar-refractivity contribution < 1.29 is 23.4 Å². The van der Waals surface area contributed by atoms with E-state index in [4.69, 9.17) is 14.2 Å². The Labute approximate surface area is 224 Å². The molecule has 0 radical (unpaired) electrons. The Bertz CT molecular complexity index is 1230. The normalized spacial score (nSPS) is 20.8. The molecule has 1 aliphatic carbocycles. The molecule has 2 fully saturated rings. The molecule has 5 rings (SSSR count). The van der Waals surface area contributed by atoms with Gasteiger partial charge in [0.05, 0.1) is 19.3 Å². The summed E-state index contributed by atoms with van der Waals surface area (Å²) in [5, 5.41) is 0. The lowest BCUT2D eigenvalue weighted by Gasteiger charge is -2.25. The van der Waals surface area contributed by atoms with Crippen LogP contribution in [0, 0.1) is 17.7 Å². The summed E-state index contributed by atoms with van der Waals surface area (Å²) in [6, 6.07) is 20.9. The van der Waals surface area contributed by atoms with Crippen LogP contribution in [0.4, 0.5) is 4.39 Å². The maximum absolute atomic E-state index is 13.5. The molecule has 0 spiro atoms. The van der Waals surface area contributed by atoms with Gasteiger partial charge in [-0.3, -0.25) is 9.69 Å². The molecule has 1 unspecified atom stereocenters. The smallest absolute Gasteiger partial charge is 0.306 e. The first kappa shape index (κ1) is 26.2. The van der Waals surface area contributed by atoms with Crippen LogP contribution in [-0.2, 0) is 22.7 Å². The van der Waals surface area contributed by atoms with E-state index in [0.717, 1.165) is 66.1 Å². The summed E-state index contributed by atoms with van der Waals surface area (Å²) in [7, 11) is 1.66. The number of hydrogen-bond donors (Lipinski definition) is 0. The predicted molar refractivity (Wildman–Crippen MR) is 145 cm³/mol. The summed E-state index contributed by atoms with van der Waals surface area (Å²) in [6.45, 7) is 4.63. The van der Waals surface area contributed by atoms with E-state index in [1.54, 1.807) is 19.2 Å². The zero-order chi connectivity index (χ0) is 26.5. The first-order valence-electron chi connectivity index (χ1n) is 13.6. The van der Waals surface area contributed by atoms with Gasteiger partial charge in [0.15, 0.2) is 0 Å². The maximum atomic E-state index is 13.5. The van der Waals surface area contributed by atoms with E-state index < -0.39 is 0 Å². The highest BCUT2D eigenvalue weighted by atomic mass is 19.1. The topological polar surface area (TPSA) is 48.0 Å². The predicted octanol–water partition coefficient (Wildman–Crippen LogP) is 6.63. The lowest BCUT2D eigenvalue weighted by Crippen LogP contribution is -2.30. The first-order chi connectivity index (χ1) is 18.6. The molecule has 0 N–H and O–H groups in total. The van der Waals surface area contributed by atoms with Gasteiger partial charge in [0.25, 0.3) is 0 Å². The number of likely N-dealkylation sites (tertiary alicyclic amines) is 1. The lowest BCUT2D eigenvalue weighted by atomic mass is 9.90. The highest BCUT2D eigenvalue weighted by Gasteiger charge is 2.44. The van der Waals surface area contributed by atoms with Crippen LogP contribution in [-0.4, -0.2) is 37.2 Å². The minimum absolute atomic E-state index is 0.0968. The Hall–Kier alpha value is -3.38. The molecule has 1 heterocycles. The summed E-state index contributed by atoms with van der Waals surface area (Å²) in [6.07, 6.45) is 3.76. The van der Waals surface area contributed by atoms with Crippen molar-refractivity contribution in [1.82, 2.24) is 4.90 Å². The molecule has 1 saturated carbocycles. The van der Waals surface area contributed by atoms with Crippen LogP contribution >= 0.6 is 0 Å². The van der Waals surface area contributed by atoms with Crippen LogP contribution in [0.3, 0.4) is 0 Å². The van der Waals surface area contributed by atoms with Crippen molar-refractivity contribution in [2.45, 2.75) is 51.8 Å². The number of fused-ring (bicyclic) bond motifs is 1. The molecule has 1 aliphatic heterocycles. The second kappa shape index (κ2) is 12.0. The Morgan fingerprint density at radius 3 is 2.47 bits per heavy atom. The molecule has 0 bridgehead atoms. The maximum Gasteiger partial charge on any atom is 0.306 e. The van der Waals surface area contributed by atoms with Crippen LogP contribution in [0.2, 0.25) is 0 Å². The zero-order valence-corrected chi connectivity index (χ0v) is 22.2. The molecule has 2 aliphatic rings. The lowest BCUT2D eigenvalue weighted by molar-refractivity contribution is -0.146. The number of benzene rings is 3. The molecule has 200 valence electrons. The number of methoxy groups -OCH3 is 1. The second-order valence-electron chi connectivity index (χ2n) is 10.3. The third kappa shape index (κ3) is 5.86. The Morgan fingerprint density at radius 1 is 0.974 bits per heavy atom. The van der Waals surface area contributed by atoms with Crippen LogP contribution in [0.1, 0.15) is 43.7 Å². The third-order valence-corrected chi connectivity index (χ3v) is 7.99. The molecule has 3 atom stereocenters. The van der Waals surface area contributed by atoms with Crippen molar-refractivity contribution >= 4 is 5.97 Å². The quantitative estimate of drug-likeness (QED) is 0.282. The molecule has 0 aromatic heterocycles. The van der Waals surface area contributed by atoms with Crippen molar-refractivity contribution in [1.29, 1.82) is 0 Å². The van der Waals surface area contributed by atoms with Crippen molar-refractivity contribution in [3.63, 3.8) is 0 Å². The fourth-order valence-corrected chi connectivity index (χ4v) is 6.25. The van der Waals surface area contributed by atoms with E-state index in [2.05, 4.69) is 17.0 Å². The number of ether oxygens (including phenoxy) is 3. The Morgan fingerprint density at radius 2 is 1.74 bits per heavy atom. The fourth-order valence-electron chi connectivity index (χ4n) is 6.25. The van der Waals surface area contributed by atoms with Gasteiger partial charge in [0.2, 0.25) is 0 Å². The minimum atomic E-state index is -0.273. The van der Waals surface area contributed by atoms with Crippen LogP contribution in [0.5, 0.6) is 11.5 Å². The summed E-state index contributed by atoms with van der Waals surface area (Å²) < 4.78 is 30.9. The van der Waals surface area contributed by atoms with E-state index in [-0.39, 0.29) is 11.8 Å². The molecule has 6 heteroatoms. The largest absolute Gasteiger partial charge is 0.496 e. The van der Waals surface area contributed by atoms with Gasteiger partial charge >= 0.3 is 5.97 Å². The van der Waals surface area contributed by atoms with Crippen molar-refractivity contribution in [2.75, 3.05) is 20.3 Å². The number of halogens is 1. The molecule has 0 amide bonds. The molecule has 1 saturated heterocycles. The van der Waals surface area contributed by atoms with Crippen molar-refractivity contribution in [2.24, 2.45) is 11.8 Å². The van der Waals surface area contributed by atoms with Gasteiger partial charge in [-0.2, -0.15) is 0 Å². The molecule has 3 aromatic carbocycles. The highest BCUT2D eigenvalue weighted by Crippen LogP contribution is 2.45. The number of esters is 1. The van der Waals surface area contributed by atoms with Gasteiger partial charge in [-0.05, 0) is 85.5 Å². The Kier molecular flexibility index (Phi) is 8.28. The summed E-state index contributed by atoms with van der Waals surface area (Å²) >= 11 is 0. The SMILES string of the molecule is CCOc1cc(CN2CC[C@H]3C(CC(=O)OCc4ccccc4)CC[C@H]32)cc(OC)c1-c1ccc(F)cc1. The van der Waals surface area contributed by atoms with Gasteiger partial charge < -0.3 is 14.2 Å². The van der Waals surface area contributed by atoms with Crippen LogP contribution in [0.25, 0.3) is 11.1 Å². The van der Waals surface area contributed by atoms with Crippen LogP contribution in [0.15, 0.2) is 66.7 Å². The van der Waals surface area contributed by atoms with E-state index >= 15 is 0 Å². The molecule has 38 heavy (non-hydrogen) atoms. The molecular formula is C32H36FNO4. The third-order valence-electron chi connectivity index (χ3n) is 7.99.